The number of β-amino-alcohol motifs (C(OH)–C–C–N with tert-alkyl or cyclic N) is 1. The fraction of sp³-hybridized carbons (Fsp3) is 0.643. The first-order valence-electron chi connectivity index (χ1n) is 6.63. The molecule has 1 saturated heterocycles. The highest BCUT2D eigenvalue weighted by Crippen LogP contribution is 2.33. The number of aliphatic hydroxyl groups is 2. The number of ether oxygens (including phenoxy) is 1. The van der Waals surface area contributed by atoms with Crippen molar-refractivity contribution in [2.24, 2.45) is 0 Å². The van der Waals surface area contributed by atoms with E-state index in [9.17, 15) is 15.0 Å². The molecule has 1 amide bonds. The van der Waals surface area contributed by atoms with Gasteiger partial charge < -0.3 is 24.3 Å². The maximum atomic E-state index is 11.9. The molecule has 2 atom stereocenters. The number of rotatable bonds is 1. The van der Waals surface area contributed by atoms with Crippen LogP contribution in [0.25, 0.3) is 0 Å². The Labute approximate surface area is 117 Å². The zero-order valence-electron chi connectivity index (χ0n) is 12.0. The molecule has 0 aliphatic carbocycles. The van der Waals surface area contributed by atoms with E-state index in [0.29, 0.717) is 12.1 Å². The summed E-state index contributed by atoms with van der Waals surface area (Å²) in [4.78, 5) is 13.4. The van der Waals surface area contributed by atoms with E-state index in [1.807, 2.05) is 0 Å². The summed E-state index contributed by atoms with van der Waals surface area (Å²) in [5.41, 5.74) is -1.44. The summed E-state index contributed by atoms with van der Waals surface area (Å²) in [6.45, 7) is 5.69. The first-order valence-corrected chi connectivity index (χ1v) is 6.63. The molecule has 6 heteroatoms. The van der Waals surface area contributed by atoms with Gasteiger partial charge in [-0.3, -0.25) is 0 Å². The van der Waals surface area contributed by atoms with Crippen LogP contribution in [0.4, 0.5) is 4.79 Å². The molecular weight excluding hydrogens is 262 g/mol. The van der Waals surface area contributed by atoms with Gasteiger partial charge in [-0.1, -0.05) is 0 Å². The molecule has 1 aliphatic heterocycles. The molecule has 1 aromatic heterocycles. The van der Waals surface area contributed by atoms with Crippen LogP contribution in [0.15, 0.2) is 23.0 Å². The van der Waals surface area contributed by atoms with Gasteiger partial charge in [-0.25, -0.2) is 4.79 Å². The van der Waals surface area contributed by atoms with Crippen molar-refractivity contribution < 1.29 is 24.2 Å². The van der Waals surface area contributed by atoms with Gasteiger partial charge in [0.1, 0.15) is 17.3 Å². The summed E-state index contributed by atoms with van der Waals surface area (Å²) in [7, 11) is 0. The fourth-order valence-corrected chi connectivity index (χ4v) is 2.26. The summed E-state index contributed by atoms with van der Waals surface area (Å²) in [6, 6.07) is 1.62. The number of carbonyl (C=O) groups is 1. The summed E-state index contributed by atoms with van der Waals surface area (Å²) in [5, 5.41) is 20.7. The van der Waals surface area contributed by atoms with Crippen molar-refractivity contribution in [3.05, 3.63) is 24.2 Å². The van der Waals surface area contributed by atoms with E-state index in [0.717, 1.165) is 0 Å². The molecule has 2 N–H and O–H groups in total. The standard InChI is InChI=1S/C14H21NO5/c1-13(2,3)20-12(17)15-6-5-14(18,11(16)8-15)10-4-7-19-9-10/h4,7,9,11,16,18H,5-6,8H2,1-3H3. The number of hydrogen-bond donors (Lipinski definition) is 2. The van der Waals surface area contributed by atoms with Crippen LogP contribution >= 0.6 is 0 Å². The highest BCUT2D eigenvalue weighted by atomic mass is 16.6. The van der Waals surface area contributed by atoms with Gasteiger partial charge in [-0.15, -0.1) is 0 Å². The van der Waals surface area contributed by atoms with Crippen molar-refractivity contribution in [3.8, 4) is 0 Å². The summed E-state index contributed by atoms with van der Waals surface area (Å²) in [5.74, 6) is 0. The largest absolute Gasteiger partial charge is 0.472 e. The summed E-state index contributed by atoms with van der Waals surface area (Å²) in [6.07, 6.45) is 1.52. The molecule has 112 valence electrons. The first-order chi connectivity index (χ1) is 9.22. The minimum Gasteiger partial charge on any atom is -0.472 e. The van der Waals surface area contributed by atoms with E-state index in [4.69, 9.17) is 9.15 Å². The van der Waals surface area contributed by atoms with E-state index in [2.05, 4.69) is 0 Å². The first kappa shape index (κ1) is 14.9. The number of carbonyl (C=O) groups excluding carboxylic acids is 1. The molecule has 1 fully saturated rings. The van der Waals surface area contributed by atoms with Gasteiger partial charge in [-0.05, 0) is 26.8 Å². The number of amides is 1. The molecule has 20 heavy (non-hydrogen) atoms. The molecule has 0 bridgehead atoms. The molecule has 0 spiro atoms. The monoisotopic (exact) mass is 283 g/mol. The molecule has 6 nitrogen and oxygen atoms in total. The Bertz CT molecular complexity index is 464. The van der Waals surface area contributed by atoms with E-state index < -0.39 is 23.4 Å². The smallest absolute Gasteiger partial charge is 0.410 e. The molecule has 0 saturated carbocycles. The third-order valence-electron chi connectivity index (χ3n) is 3.38. The Morgan fingerprint density at radius 2 is 2.25 bits per heavy atom. The predicted octanol–water partition coefficient (Wildman–Crippen LogP) is 1.47. The lowest BCUT2D eigenvalue weighted by molar-refractivity contribution is -0.123. The number of furan rings is 1. The van der Waals surface area contributed by atoms with E-state index >= 15 is 0 Å². The number of likely N-dealkylation sites (tertiary alicyclic amines) is 1. The highest BCUT2D eigenvalue weighted by Gasteiger charge is 2.44. The second-order valence-electron chi connectivity index (χ2n) is 6.13. The van der Waals surface area contributed by atoms with Crippen LogP contribution in [0.1, 0.15) is 32.8 Å². The fourth-order valence-electron chi connectivity index (χ4n) is 2.26. The SMILES string of the molecule is CC(C)(C)OC(=O)N1CCC(O)(c2ccoc2)C(O)C1. The summed E-state index contributed by atoms with van der Waals surface area (Å²) < 4.78 is 10.2. The van der Waals surface area contributed by atoms with Crippen LogP contribution in [0.5, 0.6) is 0 Å². The molecule has 2 heterocycles. The van der Waals surface area contributed by atoms with Gasteiger partial charge in [0.25, 0.3) is 0 Å². The van der Waals surface area contributed by atoms with Gasteiger partial charge in [-0.2, -0.15) is 0 Å². The van der Waals surface area contributed by atoms with Crippen molar-refractivity contribution in [2.45, 2.75) is 44.5 Å². The zero-order valence-corrected chi connectivity index (χ0v) is 12.0. The number of piperidine rings is 1. The van der Waals surface area contributed by atoms with Crippen molar-refractivity contribution in [1.29, 1.82) is 0 Å². The molecule has 0 aromatic carbocycles. The number of hydrogen-bond acceptors (Lipinski definition) is 5. The second-order valence-corrected chi connectivity index (χ2v) is 6.13. The van der Waals surface area contributed by atoms with Crippen LogP contribution < -0.4 is 0 Å². The third-order valence-corrected chi connectivity index (χ3v) is 3.38. The van der Waals surface area contributed by atoms with E-state index in [1.54, 1.807) is 26.8 Å². The van der Waals surface area contributed by atoms with Crippen LogP contribution in [0.3, 0.4) is 0 Å². The molecule has 0 radical (unpaired) electrons. The number of aliphatic hydroxyl groups excluding tert-OH is 1. The zero-order chi connectivity index (χ0) is 15.0. The molecular formula is C14H21NO5. The normalized spacial score (nSPS) is 27.4. The number of nitrogens with zero attached hydrogens (tertiary/aromatic N) is 1. The van der Waals surface area contributed by atoms with Crippen molar-refractivity contribution in [2.75, 3.05) is 13.1 Å². The van der Waals surface area contributed by atoms with Crippen molar-refractivity contribution in [1.82, 2.24) is 4.90 Å². The lowest BCUT2D eigenvalue weighted by atomic mass is 9.83. The van der Waals surface area contributed by atoms with Crippen LogP contribution in [-0.4, -0.2) is 46.0 Å². The lowest BCUT2D eigenvalue weighted by Gasteiger charge is -2.41. The highest BCUT2D eigenvalue weighted by molar-refractivity contribution is 5.68. The van der Waals surface area contributed by atoms with Crippen LogP contribution in [0, 0.1) is 0 Å². The second kappa shape index (κ2) is 5.10. The Kier molecular flexibility index (Phi) is 3.80. The predicted molar refractivity (Wildman–Crippen MR) is 71.0 cm³/mol. The van der Waals surface area contributed by atoms with E-state index in [-0.39, 0.29) is 13.0 Å². The Morgan fingerprint density at radius 3 is 2.75 bits per heavy atom. The molecule has 2 unspecified atom stereocenters. The molecule has 2 rings (SSSR count). The quantitative estimate of drug-likeness (QED) is 0.815. The van der Waals surface area contributed by atoms with Crippen LogP contribution in [0.2, 0.25) is 0 Å². The molecule has 1 aromatic rings. The van der Waals surface area contributed by atoms with Gasteiger partial charge in [0.05, 0.1) is 19.1 Å². The average Bonchev–Trinajstić information content (AvgIpc) is 2.84. The van der Waals surface area contributed by atoms with Crippen molar-refractivity contribution >= 4 is 6.09 Å². The van der Waals surface area contributed by atoms with Crippen LogP contribution in [-0.2, 0) is 10.3 Å². The lowest BCUT2D eigenvalue weighted by Crippen LogP contribution is -2.55. The summed E-state index contributed by atoms with van der Waals surface area (Å²) >= 11 is 0. The van der Waals surface area contributed by atoms with Gasteiger partial charge in [0.2, 0.25) is 0 Å². The molecule has 1 aliphatic rings. The Balaban J connectivity index is 2.04. The van der Waals surface area contributed by atoms with Gasteiger partial charge >= 0.3 is 6.09 Å². The van der Waals surface area contributed by atoms with Gasteiger partial charge in [0, 0.05) is 18.5 Å². The minimum atomic E-state index is -1.38. The Morgan fingerprint density at radius 1 is 1.55 bits per heavy atom. The maximum absolute atomic E-state index is 11.9. The van der Waals surface area contributed by atoms with Gasteiger partial charge in [0.15, 0.2) is 0 Å². The van der Waals surface area contributed by atoms with E-state index in [1.165, 1.54) is 17.4 Å². The minimum absolute atomic E-state index is 0.0244. The Hall–Kier alpha value is -1.53. The third kappa shape index (κ3) is 2.96. The maximum Gasteiger partial charge on any atom is 0.410 e. The topological polar surface area (TPSA) is 83.1 Å². The average molecular weight is 283 g/mol. The van der Waals surface area contributed by atoms with Crippen molar-refractivity contribution in [3.63, 3.8) is 0 Å².